The second-order valence-corrected chi connectivity index (χ2v) is 9.81. The first-order valence-corrected chi connectivity index (χ1v) is 12.7. The van der Waals surface area contributed by atoms with Crippen LogP contribution in [-0.2, 0) is 13.1 Å². The van der Waals surface area contributed by atoms with Gasteiger partial charge < -0.3 is 9.40 Å². The Morgan fingerprint density at radius 1 is 1.14 bits per heavy atom. The SMILES string of the molecule is Cc1ccc2cc([C@@H](c3nnnn3C3CCCC3)N(Cc3cccnc3)Cc3ccco3)c(=O)[nH]c2c1. The molecule has 1 aromatic carbocycles. The van der Waals surface area contributed by atoms with Crippen molar-refractivity contribution in [1.82, 2.24) is 35.1 Å². The summed E-state index contributed by atoms with van der Waals surface area (Å²) < 4.78 is 7.69. The van der Waals surface area contributed by atoms with Crippen LogP contribution in [0.2, 0.25) is 0 Å². The lowest BCUT2D eigenvalue weighted by Crippen LogP contribution is -2.35. The second kappa shape index (κ2) is 10.1. The van der Waals surface area contributed by atoms with E-state index in [0.717, 1.165) is 53.5 Å². The Labute approximate surface area is 214 Å². The van der Waals surface area contributed by atoms with Crippen LogP contribution in [0.1, 0.15) is 66.0 Å². The van der Waals surface area contributed by atoms with E-state index < -0.39 is 6.04 Å². The first-order chi connectivity index (χ1) is 18.2. The van der Waals surface area contributed by atoms with Crippen LogP contribution < -0.4 is 5.56 Å². The zero-order valence-corrected chi connectivity index (χ0v) is 20.7. The normalized spacial score (nSPS) is 15.1. The highest BCUT2D eigenvalue weighted by molar-refractivity contribution is 5.79. The summed E-state index contributed by atoms with van der Waals surface area (Å²) >= 11 is 0. The van der Waals surface area contributed by atoms with E-state index in [4.69, 9.17) is 4.42 Å². The van der Waals surface area contributed by atoms with Gasteiger partial charge in [-0.05, 0) is 77.0 Å². The van der Waals surface area contributed by atoms with E-state index in [1.165, 1.54) is 0 Å². The average molecular weight is 496 g/mol. The second-order valence-electron chi connectivity index (χ2n) is 9.81. The first kappa shape index (κ1) is 23.3. The summed E-state index contributed by atoms with van der Waals surface area (Å²) in [5.41, 5.74) is 3.37. The molecule has 0 bridgehead atoms. The maximum absolute atomic E-state index is 13.7. The molecule has 0 radical (unpaired) electrons. The highest BCUT2D eigenvalue weighted by atomic mass is 16.3. The van der Waals surface area contributed by atoms with Crippen LogP contribution in [0.15, 0.2) is 76.4 Å². The van der Waals surface area contributed by atoms with E-state index in [2.05, 4.69) is 36.5 Å². The number of aromatic amines is 1. The monoisotopic (exact) mass is 495 g/mol. The fourth-order valence-corrected chi connectivity index (χ4v) is 5.39. The fourth-order valence-electron chi connectivity index (χ4n) is 5.39. The predicted octanol–water partition coefficient (Wildman–Crippen LogP) is 4.72. The summed E-state index contributed by atoms with van der Waals surface area (Å²) in [5.74, 6) is 1.46. The number of furan rings is 1. The number of benzene rings is 1. The van der Waals surface area contributed by atoms with E-state index >= 15 is 0 Å². The molecule has 9 nitrogen and oxygen atoms in total. The van der Waals surface area contributed by atoms with Crippen LogP contribution in [0.25, 0.3) is 10.9 Å². The van der Waals surface area contributed by atoms with Crippen molar-refractivity contribution in [2.75, 3.05) is 0 Å². The molecule has 0 saturated heterocycles. The number of fused-ring (bicyclic) bond motifs is 1. The minimum atomic E-state index is -0.504. The third-order valence-corrected chi connectivity index (χ3v) is 7.17. The third-order valence-electron chi connectivity index (χ3n) is 7.17. The van der Waals surface area contributed by atoms with Crippen molar-refractivity contribution in [2.24, 2.45) is 0 Å². The molecular formula is C28H29N7O2. The van der Waals surface area contributed by atoms with E-state index in [0.29, 0.717) is 24.5 Å². The van der Waals surface area contributed by atoms with Crippen LogP contribution in [0.3, 0.4) is 0 Å². The van der Waals surface area contributed by atoms with Crippen molar-refractivity contribution in [2.45, 2.75) is 57.8 Å². The molecular weight excluding hydrogens is 466 g/mol. The number of hydrogen-bond donors (Lipinski definition) is 1. The Bertz CT molecular complexity index is 1540. The maximum Gasteiger partial charge on any atom is 0.253 e. The van der Waals surface area contributed by atoms with Crippen LogP contribution in [0.4, 0.5) is 0 Å². The zero-order valence-electron chi connectivity index (χ0n) is 20.7. The van der Waals surface area contributed by atoms with Gasteiger partial charge in [-0.3, -0.25) is 14.7 Å². The number of nitrogens with zero attached hydrogens (tertiary/aromatic N) is 6. The topological polar surface area (TPSA) is 106 Å². The van der Waals surface area contributed by atoms with Gasteiger partial charge in [0.05, 0.1) is 18.8 Å². The molecule has 0 amide bonds. The standard InChI is InChI=1S/C28H29N7O2/c1-19-10-11-21-15-24(28(36)30-25(21)14-19)26(27-31-32-33-35(27)22-7-2-3-8-22)34(18-23-9-5-13-37-23)17-20-6-4-12-29-16-20/h4-6,9-16,22,26H,2-3,7-8,17-18H2,1H3,(H,30,36)/t26-/m0/s1. The number of hydrogen-bond acceptors (Lipinski definition) is 7. The van der Waals surface area contributed by atoms with Crippen molar-refractivity contribution in [3.63, 3.8) is 0 Å². The highest BCUT2D eigenvalue weighted by Gasteiger charge is 2.33. The summed E-state index contributed by atoms with van der Waals surface area (Å²) in [4.78, 5) is 23.3. The van der Waals surface area contributed by atoms with Gasteiger partial charge in [0.1, 0.15) is 11.8 Å². The van der Waals surface area contributed by atoms with Crippen molar-refractivity contribution >= 4 is 10.9 Å². The number of nitrogens with one attached hydrogen (secondary N) is 1. The third kappa shape index (κ3) is 4.82. The van der Waals surface area contributed by atoms with E-state index in [-0.39, 0.29) is 11.6 Å². The lowest BCUT2D eigenvalue weighted by atomic mass is 10.0. The molecule has 4 aromatic heterocycles. The number of pyridine rings is 2. The number of tetrazole rings is 1. The quantitative estimate of drug-likeness (QED) is 0.332. The summed E-state index contributed by atoms with van der Waals surface area (Å²) in [6.07, 6.45) is 9.62. The molecule has 6 rings (SSSR count). The lowest BCUT2D eigenvalue weighted by molar-refractivity contribution is 0.176. The van der Waals surface area contributed by atoms with Gasteiger partial charge in [0.2, 0.25) is 0 Å². The molecule has 0 aliphatic heterocycles. The molecule has 188 valence electrons. The molecule has 0 spiro atoms. The predicted molar refractivity (Wildman–Crippen MR) is 139 cm³/mol. The minimum Gasteiger partial charge on any atom is -0.468 e. The molecule has 1 fully saturated rings. The zero-order chi connectivity index (χ0) is 25.2. The summed E-state index contributed by atoms with van der Waals surface area (Å²) in [6.45, 7) is 3.01. The molecule has 1 aliphatic carbocycles. The Morgan fingerprint density at radius 2 is 2.03 bits per heavy atom. The van der Waals surface area contributed by atoms with Crippen LogP contribution in [0.5, 0.6) is 0 Å². The molecule has 1 saturated carbocycles. The van der Waals surface area contributed by atoms with Gasteiger partial charge in [-0.1, -0.05) is 31.0 Å². The van der Waals surface area contributed by atoms with Crippen molar-refractivity contribution in [3.05, 3.63) is 106 Å². The van der Waals surface area contributed by atoms with Gasteiger partial charge >= 0.3 is 0 Å². The lowest BCUT2D eigenvalue weighted by Gasteiger charge is -2.31. The first-order valence-electron chi connectivity index (χ1n) is 12.7. The molecule has 9 heteroatoms. The molecule has 1 atom stereocenters. The van der Waals surface area contributed by atoms with Gasteiger partial charge in [-0.2, -0.15) is 0 Å². The molecule has 37 heavy (non-hydrogen) atoms. The molecule has 1 N–H and O–H groups in total. The Balaban J connectivity index is 1.53. The number of rotatable bonds is 8. The van der Waals surface area contributed by atoms with Crippen molar-refractivity contribution in [1.29, 1.82) is 0 Å². The largest absolute Gasteiger partial charge is 0.468 e. The molecule has 0 unspecified atom stereocenters. The molecule has 5 aromatic rings. The van der Waals surface area contributed by atoms with Crippen molar-refractivity contribution < 1.29 is 4.42 Å². The summed E-state index contributed by atoms with van der Waals surface area (Å²) in [5, 5.41) is 14.0. The van der Waals surface area contributed by atoms with E-state index in [9.17, 15) is 4.79 Å². The van der Waals surface area contributed by atoms with Gasteiger partial charge in [0.15, 0.2) is 5.82 Å². The molecule has 4 heterocycles. The van der Waals surface area contributed by atoms with Gasteiger partial charge in [0.25, 0.3) is 5.56 Å². The van der Waals surface area contributed by atoms with Gasteiger partial charge in [-0.15, -0.1) is 5.10 Å². The van der Waals surface area contributed by atoms with Crippen LogP contribution in [-0.4, -0.2) is 35.1 Å². The van der Waals surface area contributed by atoms with Gasteiger partial charge in [-0.25, -0.2) is 4.68 Å². The van der Waals surface area contributed by atoms with Crippen molar-refractivity contribution in [3.8, 4) is 0 Å². The maximum atomic E-state index is 13.7. The van der Waals surface area contributed by atoms with E-state index in [1.807, 2.05) is 60.3 Å². The van der Waals surface area contributed by atoms with Gasteiger partial charge in [0, 0.05) is 30.0 Å². The Kier molecular flexibility index (Phi) is 6.36. The molecule has 1 aliphatic rings. The summed E-state index contributed by atoms with van der Waals surface area (Å²) in [6, 6.07) is 15.6. The fraction of sp³-hybridized carbons (Fsp3) is 0.321. The Morgan fingerprint density at radius 3 is 2.81 bits per heavy atom. The smallest absolute Gasteiger partial charge is 0.253 e. The van der Waals surface area contributed by atoms with Crippen LogP contribution in [0, 0.1) is 6.92 Å². The number of H-pyrrole nitrogens is 1. The van der Waals surface area contributed by atoms with E-state index in [1.54, 1.807) is 12.5 Å². The Hall–Kier alpha value is -4.11. The number of aromatic nitrogens is 6. The minimum absolute atomic E-state index is 0.153. The van der Waals surface area contributed by atoms with Crippen LogP contribution >= 0.6 is 0 Å². The highest BCUT2D eigenvalue weighted by Crippen LogP contribution is 2.35. The number of aryl methyl sites for hydroxylation is 1. The summed E-state index contributed by atoms with van der Waals surface area (Å²) in [7, 11) is 0. The average Bonchev–Trinajstić information content (AvgIpc) is 3.68.